The maximum Gasteiger partial charge on any atom is 0.143 e. The lowest BCUT2D eigenvalue weighted by Gasteiger charge is -2.08. The van der Waals surface area contributed by atoms with Gasteiger partial charge >= 0.3 is 0 Å². The smallest absolute Gasteiger partial charge is 0.143 e. The van der Waals surface area contributed by atoms with E-state index in [1.54, 1.807) is 26.9 Å². The van der Waals surface area contributed by atoms with E-state index in [0.717, 1.165) is 0 Å². The molecular formula is C8H10BFO. The molecule has 0 aliphatic rings. The third-order valence-electron chi connectivity index (χ3n) is 1.76. The van der Waals surface area contributed by atoms with Crippen molar-refractivity contribution >= 4 is 13.3 Å². The van der Waals surface area contributed by atoms with E-state index in [0.29, 0.717) is 11.0 Å². The summed E-state index contributed by atoms with van der Waals surface area (Å²) in [5.74, 6) is -0.261. The van der Waals surface area contributed by atoms with E-state index < -0.39 is 6.10 Å². The van der Waals surface area contributed by atoms with Crippen molar-refractivity contribution in [3.8, 4) is 0 Å². The maximum absolute atomic E-state index is 12.8. The molecule has 0 aromatic heterocycles. The summed E-state index contributed by atoms with van der Waals surface area (Å²) in [6, 6.07) is 4.72. The van der Waals surface area contributed by atoms with E-state index >= 15 is 0 Å². The molecule has 0 bridgehead atoms. The Labute approximate surface area is 66.3 Å². The van der Waals surface area contributed by atoms with E-state index in [-0.39, 0.29) is 5.82 Å². The monoisotopic (exact) mass is 152 g/mol. The molecule has 1 rings (SSSR count). The van der Waals surface area contributed by atoms with E-state index in [2.05, 4.69) is 0 Å². The molecule has 0 radical (unpaired) electrons. The fraction of sp³-hybridized carbons (Fsp3) is 0.250. The van der Waals surface area contributed by atoms with Crippen LogP contribution >= 0.6 is 0 Å². The minimum atomic E-state index is -0.592. The Morgan fingerprint density at radius 2 is 2.18 bits per heavy atom. The third kappa shape index (κ3) is 1.60. The van der Waals surface area contributed by atoms with E-state index in [1.165, 1.54) is 6.07 Å². The summed E-state index contributed by atoms with van der Waals surface area (Å²) in [5.41, 5.74) is 1.19. The molecular weight excluding hydrogens is 142 g/mol. The predicted molar refractivity (Wildman–Crippen MR) is 45.2 cm³/mol. The first-order valence-electron chi connectivity index (χ1n) is 3.56. The SMILES string of the molecule is Bc1c(F)cccc1[C@@H](C)O. The van der Waals surface area contributed by atoms with Crippen molar-refractivity contribution < 1.29 is 9.50 Å². The lowest BCUT2D eigenvalue weighted by molar-refractivity contribution is 0.200. The molecule has 11 heavy (non-hydrogen) atoms. The average molecular weight is 152 g/mol. The highest BCUT2D eigenvalue weighted by Gasteiger charge is 2.06. The zero-order chi connectivity index (χ0) is 8.43. The van der Waals surface area contributed by atoms with Gasteiger partial charge in [-0.2, -0.15) is 0 Å². The molecule has 1 aromatic carbocycles. The first-order valence-corrected chi connectivity index (χ1v) is 3.56. The molecule has 3 heteroatoms. The number of hydrogen-bond acceptors (Lipinski definition) is 1. The topological polar surface area (TPSA) is 20.2 Å². The molecule has 0 fully saturated rings. The first kappa shape index (κ1) is 8.27. The highest BCUT2D eigenvalue weighted by Crippen LogP contribution is 2.09. The van der Waals surface area contributed by atoms with Gasteiger partial charge in [-0.25, -0.2) is 4.39 Å². The number of aliphatic hydroxyl groups excluding tert-OH is 1. The van der Waals surface area contributed by atoms with Crippen molar-refractivity contribution in [3.05, 3.63) is 29.6 Å². The lowest BCUT2D eigenvalue weighted by Crippen LogP contribution is -2.16. The molecule has 0 amide bonds. The van der Waals surface area contributed by atoms with Gasteiger partial charge in [-0.05, 0) is 24.0 Å². The Morgan fingerprint density at radius 3 is 2.64 bits per heavy atom. The van der Waals surface area contributed by atoms with Gasteiger partial charge in [-0.3, -0.25) is 0 Å². The Hall–Kier alpha value is -0.825. The molecule has 0 aliphatic carbocycles. The normalized spacial score (nSPS) is 13.0. The number of rotatable bonds is 1. The van der Waals surface area contributed by atoms with Gasteiger partial charge in [0.2, 0.25) is 0 Å². The van der Waals surface area contributed by atoms with Gasteiger partial charge in [0.1, 0.15) is 13.7 Å². The van der Waals surface area contributed by atoms with Gasteiger partial charge in [-0.1, -0.05) is 12.1 Å². The number of halogens is 1. The van der Waals surface area contributed by atoms with E-state index in [4.69, 9.17) is 5.11 Å². The summed E-state index contributed by atoms with van der Waals surface area (Å²) in [4.78, 5) is 0. The summed E-state index contributed by atoms with van der Waals surface area (Å²) >= 11 is 0. The summed E-state index contributed by atoms with van der Waals surface area (Å²) in [6.07, 6.45) is -0.592. The highest BCUT2D eigenvalue weighted by atomic mass is 19.1. The first-order chi connectivity index (χ1) is 5.13. The Kier molecular flexibility index (Phi) is 2.30. The van der Waals surface area contributed by atoms with Gasteiger partial charge in [-0.15, -0.1) is 0 Å². The van der Waals surface area contributed by atoms with Crippen LogP contribution in [0.25, 0.3) is 0 Å². The van der Waals surface area contributed by atoms with Crippen molar-refractivity contribution in [1.29, 1.82) is 0 Å². The predicted octanol–water partition coefficient (Wildman–Crippen LogP) is 0.137. The fourth-order valence-corrected chi connectivity index (χ4v) is 1.08. The Balaban J connectivity index is 3.17. The van der Waals surface area contributed by atoms with Crippen molar-refractivity contribution in [2.75, 3.05) is 0 Å². The molecule has 0 saturated carbocycles. The minimum Gasteiger partial charge on any atom is -0.389 e. The maximum atomic E-state index is 12.8. The van der Waals surface area contributed by atoms with Crippen LogP contribution in [0.3, 0.4) is 0 Å². The van der Waals surface area contributed by atoms with Gasteiger partial charge in [0.15, 0.2) is 0 Å². The van der Waals surface area contributed by atoms with Crippen LogP contribution in [0, 0.1) is 5.82 Å². The lowest BCUT2D eigenvalue weighted by atomic mass is 9.88. The van der Waals surface area contributed by atoms with Crippen LogP contribution in [0.5, 0.6) is 0 Å². The van der Waals surface area contributed by atoms with Crippen LogP contribution in [-0.4, -0.2) is 13.0 Å². The largest absolute Gasteiger partial charge is 0.389 e. The zero-order valence-electron chi connectivity index (χ0n) is 6.63. The van der Waals surface area contributed by atoms with Gasteiger partial charge in [0, 0.05) is 0 Å². The molecule has 0 heterocycles. The molecule has 0 unspecified atom stereocenters. The fourth-order valence-electron chi connectivity index (χ4n) is 1.08. The molecule has 0 saturated heterocycles. The summed E-state index contributed by atoms with van der Waals surface area (Å²) < 4.78 is 12.8. The quantitative estimate of drug-likeness (QED) is 0.567. The number of benzene rings is 1. The second-order valence-electron chi connectivity index (χ2n) is 2.63. The zero-order valence-corrected chi connectivity index (χ0v) is 6.63. The molecule has 0 spiro atoms. The molecule has 0 aliphatic heterocycles. The van der Waals surface area contributed by atoms with Crippen molar-refractivity contribution in [3.63, 3.8) is 0 Å². The molecule has 1 atom stereocenters. The summed E-state index contributed by atoms with van der Waals surface area (Å²) in [6.45, 7) is 1.63. The van der Waals surface area contributed by atoms with Gasteiger partial charge < -0.3 is 5.11 Å². The standard InChI is InChI=1S/C8H10BFO/c1-5(11)6-3-2-4-7(10)8(6)9/h2-5,11H,9H2,1H3/t5-/m1/s1. The van der Waals surface area contributed by atoms with Crippen LogP contribution < -0.4 is 5.46 Å². The Bertz CT molecular complexity index is 260. The van der Waals surface area contributed by atoms with Crippen molar-refractivity contribution in [1.82, 2.24) is 0 Å². The molecule has 1 aromatic rings. The summed E-state index contributed by atoms with van der Waals surface area (Å²) in [5, 5.41) is 9.16. The second kappa shape index (κ2) is 3.05. The van der Waals surface area contributed by atoms with Crippen LogP contribution in [0.1, 0.15) is 18.6 Å². The third-order valence-corrected chi connectivity index (χ3v) is 1.76. The Morgan fingerprint density at radius 1 is 1.55 bits per heavy atom. The van der Waals surface area contributed by atoms with E-state index in [9.17, 15) is 4.39 Å². The van der Waals surface area contributed by atoms with E-state index in [1.807, 2.05) is 0 Å². The van der Waals surface area contributed by atoms with Crippen LogP contribution in [0.15, 0.2) is 18.2 Å². The van der Waals surface area contributed by atoms with Gasteiger partial charge in [0.25, 0.3) is 0 Å². The minimum absolute atomic E-state index is 0.261. The molecule has 1 N–H and O–H groups in total. The molecule has 58 valence electrons. The van der Waals surface area contributed by atoms with Crippen molar-refractivity contribution in [2.24, 2.45) is 0 Å². The number of hydrogen-bond donors (Lipinski definition) is 1. The van der Waals surface area contributed by atoms with Crippen LogP contribution in [-0.2, 0) is 0 Å². The molecule has 1 nitrogen and oxygen atoms in total. The highest BCUT2D eigenvalue weighted by molar-refractivity contribution is 6.33. The number of aliphatic hydroxyl groups is 1. The van der Waals surface area contributed by atoms with Crippen molar-refractivity contribution in [2.45, 2.75) is 13.0 Å². The second-order valence-corrected chi connectivity index (χ2v) is 2.63. The average Bonchev–Trinajstić information content (AvgIpc) is 1.94. The van der Waals surface area contributed by atoms with Crippen LogP contribution in [0.4, 0.5) is 4.39 Å². The summed E-state index contributed by atoms with van der Waals surface area (Å²) in [7, 11) is 1.66. The van der Waals surface area contributed by atoms with Gasteiger partial charge in [0.05, 0.1) is 6.10 Å². The van der Waals surface area contributed by atoms with Crippen LogP contribution in [0.2, 0.25) is 0 Å².